The molecular formula is C13H17NO2. The summed E-state index contributed by atoms with van der Waals surface area (Å²) in [5.41, 5.74) is 3.81. The lowest BCUT2D eigenvalue weighted by Crippen LogP contribution is -2.00. The maximum Gasteiger partial charge on any atom is 0.161 e. The molecule has 1 aromatic carbocycles. The standard InChI is InChI=1S/C13H17NO2/c1-9-6-11-8-13(16-3)12(15-2)7-10(11)4-5-14-9/h7-8H,4-6H2,1-3H3. The number of methoxy groups -OCH3 is 2. The zero-order valence-corrected chi connectivity index (χ0v) is 10.0. The summed E-state index contributed by atoms with van der Waals surface area (Å²) in [6, 6.07) is 4.14. The highest BCUT2D eigenvalue weighted by Crippen LogP contribution is 2.31. The number of rotatable bonds is 2. The van der Waals surface area contributed by atoms with Gasteiger partial charge >= 0.3 is 0 Å². The normalized spacial score (nSPS) is 14.8. The summed E-state index contributed by atoms with van der Waals surface area (Å²) in [4.78, 5) is 4.48. The molecule has 0 aromatic heterocycles. The van der Waals surface area contributed by atoms with Crippen LogP contribution in [0.15, 0.2) is 17.1 Å². The zero-order valence-electron chi connectivity index (χ0n) is 10.0. The first-order chi connectivity index (χ1) is 7.74. The smallest absolute Gasteiger partial charge is 0.161 e. The average Bonchev–Trinajstić information content (AvgIpc) is 2.47. The second-order valence-corrected chi connectivity index (χ2v) is 4.02. The summed E-state index contributed by atoms with van der Waals surface area (Å²) in [5, 5.41) is 0. The number of ether oxygens (including phenoxy) is 2. The molecule has 0 amide bonds. The van der Waals surface area contributed by atoms with Crippen LogP contribution < -0.4 is 9.47 Å². The Bertz CT molecular complexity index is 424. The second kappa shape index (κ2) is 4.56. The number of benzene rings is 1. The third-order valence-electron chi connectivity index (χ3n) is 2.91. The predicted octanol–water partition coefficient (Wildman–Crippen LogP) is 2.26. The number of aliphatic imine (C=N–C) groups is 1. The molecule has 1 aliphatic rings. The summed E-state index contributed by atoms with van der Waals surface area (Å²) in [7, 11) is 3.34. The van der Waals surface area contributed by atoms with Gasteiger partial charge in [0.2, 0.25) is 0 Å². The van der Waals surface area contributed by atoms with Crippen molar-refractivity contribution in [3.8, 4) is 11.5 Å². The summed E-state index contributed by atoms with van der Waals surface area (Å²) < 4.78 is 10.6. The lowest BCUT2D eigenvalue weighted by atomic mass is 10.0. The van der Waals surface area contributed by atoms with Gasteiger partial charge in [0.15, 0.2) is 11.5 Å². The van der Waals surface area contributed by atoms with Crippen LogP contribution in [0, 0.1) is 0 Å². The maximum absolute atomic E-state index is 5.31. The number of hydrogen-bond acceptors (Lipinski definition) is 3. The van der Waals surface area contributed by atoms with E-state index in [2.05, 4.69) is 24.0 Å². The fourth-order valence-corrected chi connectivity index (χ4v) is 2.06. The Hall–Kier alpha value is -1.51. The van der Waals surface area contributed by atoms with Crippen LogP contribution in [0.2, 0.25) is 0 Å². The molecule has 0 fully saturated rings. The lowest BCUT2D eigenvalue weighted by Gasteiger charge is -2.12. The van der Waals surface area contributed by atoms with E-state index < -0.39 is 0 Å². The molecule has 0 atom stereocenters. The quantitative estimate of drug-likeness (QED) is 0.764. The lowest BCUT2D eigenvalue weighted by molar-refractivity contribution is 0.354. The van der Waals surface area contributed by atoms with Crippen LogP contribution in [0.4, 0.5) is 0 Å². The summed E-state index contributed by atoms with van der Waals surface area (Å²) >= 11 is 0. The van der Waals surface area contributed by atoms with E-state index >= 15 is 0 Å². The zero-order chi connectivity index (χ0) is 11.5. The van der Waals surface area contributed by atoms with Crippen molar-refractivity contribution >= 4 is 5.71 Å². The highest BCUT2D eigenvalue weighted by molar-refractivity contribution is 5.85. The third-order valence-corrected chi connectivity index (χ3v) is 2.91. The van der Waals surface area contributed by atoms with Crippen molar-refractivity contribution in [1.82, 2.24) is 0 Å². The van der Waals surface area contributed by atoms with Gasteiger partial charge in [0.1, 0.15) is 0 Å². The van der Waals surface area contributed by atoms with Crippen molar-refractivity contribution in [1.29, 1.82) is 0 Å². The van der Waals surface area contributed by atoms with Gasteiger partial charge in [-0.2, -0.15) is 0 Å². The van der Waals surface area contributed by atoms with E-state index in [-0.39, 0.29) is 0 Å². The first kappa shape index (κ1) is 11.0. The molecule has 1 aromatic rings. The molecule has 0 radical (unpaired) electrons. The molecule has 0 N–H and O–H groups in total. The van der Waals surface area contributed by atoms with Crippen LogP contribution in [0.1, 0.15) is 18.1 Å². The largest absolute Gasteiger partial charge is 0.493 e. The highest BCUT2D eigenvalue weighted by atomic mass is 16.5. The molecule has 0 spiro atoms. The van der Waals surface area contributed by atoms with Crippen molar-refractivity contribution < 1.29 is 9.47 Å². The Morgan fingerprint density at radius 3 is 2.31 bits per heavy atom. The van der Waals surface area contributed by atoms with Crippen LogP contribution >= 0.6 is 0 Å². The first-order valence-electron chi connectivity index (χ1n) is 5.48. The van der Waals surface area contributed by atoms with Crippen LogP contribution in [0.25, 0.3) is 0 Å². The van der Waals surface area contributed by atoms with Crippen LogP contribution in [-0.2, 0) is 12.8 Å². The maximum atomic E-state index is 5.31. The Balaban J connectivity index is 2.45. The first-order valence-corrected chi connectivity index (χ1v) is 5.48. The molecule has 1 aliphatic heterocycles. The summed E-state index contributed by atoms with van der Waals surface area (Å²) in [6.07, 6.45) is 1.89. The molecule has 3 nitrogen and oxygen atoms in total. The average molecular weight is 219 g/mol. The van der Waals surface area contributed by atoms with E-state index in [1.54, 1.807) is 14.2 Å². The fraction of sp³-hybridized carbons (Fsp3) is 0.462. The van der Waals surface area contributed by atoms with Gasteiger partial charge in [-0.3, -0.25) is 4.99 Å². The Morgan fingerprint density at radius 1 is 1.06 bits per heavy atom. The molecule has 16 heavy (non-hydrogen) atoms. The van der Waals surface area contributed by atoms with Gasteiger partial charge in [0, 0.05) is 18.7 Å². The number of fused-ring (bicyclic) bond motifs is 1. The van der Waals surface area contributed by atoms with Gasteiger partial charge in [-0.05, 0) is 36.6 Å². The van der Waals surface area contributed by atoms with Crippen LogP contribution in [-0.4, -0.2) is 26.5 Å². The molecule has 2 rings (SSSR count). The van der Waals surface area contributed by atoms with Gasteiger partial charge < -0.3 is 9.47 Å². The predicted molar refractivity (Wildman–Crippen MR) is 64.9 cm³/mol. The minimum Gasteiger partial charge on any atom is -0.493 e. The van der Waals surface area contributed by atoms with Crippen molar-refractivity contribution in [2.24, 2.45) is 4.99 Å². The molecule has 0 aliphatic carbocycles. The van der Waals surface area contributed by atoms with Crippen molar-refractivity contribution in [3.05, 3.63) is 23.3 Å². The minimum atomic E-state index is 0.802. The van der Waals surface area contributed by atoms with Gasteiger partial charge in [-0.1, -0.05) is 0 Å². The van der Waals surface area contributed by atoms with Crippen LogP contribution in [0.5, 0.6) is 11.5 Å². The Morgan fingerprint density at radius 2 is 1.69 bits per heavy atom. The molecule has 1 heterocycles. The molecule has 0 saturated heterocycles. The SMILES string of the molecule is COc1cc2c(cc1OC)CC(C)=NCC2. The van der Waals surface area contributed by atoms with Crippen molar-refractivity contribution in [2.75, 3.05) is 20.8 Å². The van der Waals surface area contributed by atoms with E-state index in [9.17, 15) is 0 Å². The van der Waals surface area contributed by atoms with Crippen molar-refractivity contribution in [3.63, 3.8) is 0 Å². The molecule has 0 unspecified atom stereocenters. The Labute approximate surface area is 96.1 Å². The van der Waals surface area contributed by atoms with E-state index in [1.165, 1.54) is 16.8 Å². The van der Waals surface area contributed by atoms with Gasteiger partial charge in [-0.25, -0.2) is 0 Å². The van der Waals surface area contributed by atoms with E-state index in [0.29, 0.717) is 0 Å². The Kier molecular flexibility index (Phi) is 3.13. The monoisotopic (exact) mass is 219 g/mol. The summed E-state index contributed by atoms with van der Waals surface area (Å²) in [5.74, 6) is 1.61. The molecule has 0 saturated carbocycles. The summed E-state index contributed by atoms with van der Waals surface area (Å²) in [6.45, 7) is 2.94. The molecule has 0 bridgehead atoms. The fourth-order valence-electron chi connectivity index (χ4n) is 2.06. The van der Waals surface area contributed by atoms with Gasteiger partial charge in [-0.15, -0.1) is 0 Å². The molecule has 3 heteroatoms. The molecule has 86 valence electrons. The molecular weight excluding hydrogens is 202 g/mol. The van der Waals surface area contributed by atoms with E-state index in [0.717, 1.165) is 30.9 Å². The van der Waals surface area contributed by atoms with E-state index in [1.807, 2.05) is 0 Å². The van der Waals surface area contributed by atoms with E-state index in [4.69, 9.17) is 9.47 Å². The van der Waals surface area contributed by atoms with Gasteiger partial charge in [0.05, 0.1) is 14.2 Å². The second-order valence-electron chi connectivity index (χ2n) is 4.02. The third kappa shape index (κ3) is 2.03. The van der Waals surface area contributed by atoms with Crippen LogP contribution in [0.3, 0.4) is 0 Å². The van der Waals surface area contributed by atoms with Crippen molar-refractivity contribution in [2.45, 2.75) is 19.8 Å². The minimum absolute atomic E-state index is 0.802. The number of hydrogen-bond donors (Lipinski definition) is 0. The number of nitrogens with zero attached hydrogens (tertiary/aromatic N) is 1. The van der Waals surface area contributed by atoms with Gasteiger partial charge in [0.25, 0.3) is 0 Å². The topological polar surface area (TPSA) is 30.8 Å². The highest BCUT2D eigenvalue weighted by Gasteiger charge is 2.13.